The van der Waals surface area contributed by atoms with Crippen LogP contribution >= 0.6 is 11.8 Å². The van der Waals surface area contributed by atoms with Crippen molar-refractivity contribution >= 4 is 29.3 Å². The fourth-order valence-corrected chi connectivity index (χ4v) is 4.18. The van der Waals surface area contributed by atoms with Crippen LogP contribution in [0.4, 0.5) is 18.9 Å². The fraction of sp³-hybridized carbons (Fsp3) is 0.300. The number of anilines is 1. The molecule has 2 heterocycles. The van der Waals surface area contributed by atoms with Crippen LogP contribution in [0.2, 0.25) is 0 Å². The summed E-state index contributed by atoms with van der Waals surface area (Å²) in [6.07, 6.45) is -4.97. The molecule has 2 aliphatic rings. The van der Waals surface area contributed by atoms with E-state index >= 15 is 0 Å². The molecule has 0 aromatic heterocycles. The van der Waals surface area contributed by atoms with E-state index in [1.165, 1.54) is 6.07 Å². The van der Waals surface area contributed by atoms with Crippen molar-refractivity contribution in [2.24, 2.45) is 0 Å². The molecule has 0 fully saturated rings. The molecule has 6 nitrogen and oxygen atoms in total. The van der Waals surface area contributed by atoms with Gasteiger partial charge in [-0.05, 0) is 30.3 Å². The van der Waals surface area contributed by atoms with Gasteiger partial charge in [-0.25, -0.2) is 0 Å². The topological polar surface area (TPSA) is 76.7 Å². The van der Waals surface area contributed by atoms with Crippen molar-refractivity contribution in [2.45, 2.75) is 28.8 Å². The van der Waals surface area contributed by atoms with E-state index in [9.17, 15) is 22.8 Å². The van der Waals surface area contributed by atoms with Crippen LogP contribution in [-0.4, -0.2) is 36.3 Å². The molecular formula is C20H17F3N2O4S. The van der Waals surface area contributed by atoms with Crippen molar-refractivity contribution < 1.29 is 32.2 Å². The normalized spacial score (nSPS) is 20.2. The maximum atomic E-state index is 12.8. The highest BCUT2D eigenvalue weighted by atomic mass is 32.2. The Morgan fingerprint density at radius 3 is 2.73 bits per heavy atom. The third-order valence-corrected chi connectivity index (χ3v) is 5.87. The number of fused-ring (bicyclic) bond motifs is 2. The molecule has 0 bridgehead atoms. The molecule has 2 aromatic rings. The Hall–Kier alpha value is -2.88. The predicted octanol–water partition coefficient (Wildman–Crippen LogP) is 3.46. The summed E-state index contributed by atoms with van der Waals surface area (Å²) in [6.45, 7) is 0.489. The molecule has 30 heavy (non-hydrogen) atoms. The number of alkyl halides is 3. The lowest BCUT2D eigenvalue weighted by Gasteiger charge is -2.27. The van der Waals surface area contributed by atoms with E-state index in [0.717, 1.165) is 23.9 Å². The van der Waals surface area contributed by atoms with Gasteiger partial charge >= 0.3 is 6.18 Å². The molecule has 0 aliphatic carbocycles. The number of carbonyl (C=O) groups excluding carboxylic acids is 2. The molecule has 2 aliphatic heterocycles. The van der Waals surface area contributed by atoms with Gasteiger partial charge in [0.05, 0.1) is 23.0 Å². The molecule has 10 heteroatoms. The second-order valence-electron chi connectivity index (χ2n) is 6.81. The molecule has 2 amide bonds. The van der Waals surface area contributed by atoms with E-state index in [1.54, 1.807) is 12.1 Å². The molecule has 158 valence electrons. The summed E-state index contributed by atoms with van der Waals surface area (Å²) in [5, 5.41) is 4.44. The summed E-state index contributed by atoms with van der Waals surface area (Å²) >= 11 is 1.07. The Bertz CT molecular complexity index is 983. The minimum atomic E-state index is -4.49. The van der Waals surface area contributed by atoms with Crippen molar-refractivity contribution in [3.8, 4) is 11.5 Å². The zero-order chi connectivity index (χ0) is 21.3. The van der Waals surface area contributed by atoms with Crippen LogP contribution < -0.4 is 20.1 Å². The third-order valence-electron chi connectivity index (χ3n) is 4.59. The van der Waals surface area contributed by atoms with Crippen LogP contribution in [-0.2, 0) is 15.8 Å². The number of amides is 2. The van der Waals surface area contributed by atoms with Gasteiger partial charge < -0.3 is 20.1 Å². The monoisotopic (exact) mass is 438 g/mol. The summed E-state index contributed by atoms with van der Waals surface area (Å²) in [4.78, 5) is 25.0. The molecular weight excluding hydrogens is 421 g/mol. The number of thioether (sulfide) groups is 1. The number of benzene rings is 2. The van der Waals surface area contributed by atoms with Crippen molar-refractivity contribution in [3.63, 3.8) is 0 Å². The molecule has 0 radical (unpaired) electrons. The molecule has 4 rings (SSSR count). The number of ether oxygens (including phenoxy) is 2. The first-order valence-corrected chi connectivity index (χ1v) is 10.0. The minimum Gasteiger partial charge on any atom is -0.486 e. The van der Waals surface area contributed by atoms with Crippen LogP contribution in [0.15, 0.2) is 47.4 Å². The van der Waals surface area contributed by atoms with Crippen molar-refractivity contribution in [2.75, 3.05) is 18.5 Å². The maximum absolute atomic E-state index is 12.8. The zero-order valence-electron chi connectivity index (χ0n) is 15.5. The molecule has 0 saturated heterocycles. The zero-order valence-corrected chi connectivity index (χ0v) is 16.3. The van der Waals surface area contributed by atoms with Gasteiger partial charge in [0, 0.05) is 11.3 Å². The van der Waals surface area contributed by atoms with Gasteiger partial charge in [-0.15, -0.1) is 11.8 Å². The van der Waals surface area contributed by atoms with E-state index in [-0.39, 0.29) is 37.3 Å². The highest BCUT2D eigenvalue weighted by molar-refractivity contribution is 8.01. The standard InChI is InChI=1S/C20H17F3N2O4S/c21-20(22,23)11-5-6-16-13(7-11)25-19(27)17(30-16)8-18(26)24-9-12-10-28-14-3-1-2-4-15(14)29-12/h1-7,12,17H,8-10H2,(H,24,26)(H,25,27)/t12-,17-/m1/s1. The first-order valence-electron chi connectivity index (χ1n) is 9.13. The summed E-state index contributed by atoms with van der Waals surface area (Å²) < 4.78 is 49.8. The number of hydrogen-bond acceptors (Lipinski definition) is 5. The van der Waals surface area contributed by atoms with Gasteiger partial charge in [0.2, 0.25) is 11.8 Å². The lowest BCUT2D eigenvalue weighted by Crippen LogP contribution is -2.42. The van der Waals surface area contributed by atoms with E-state index < -0.39 is 22.9 Å². The van der Waals surface area contributed by atoms with Gasteiger partial charge in [-0.2, -0.15) is 13.2 Å². The quantitative estimate of drug-likeness (QED) is 0.765. The SMILES string of the molecule is O=C(C[C@H]1Sc2ccc(C(F)(F)F)cc2NC1=O)NC[C@@H]1COc2ccccc2O1. The smallest absolute Gasteiger partial charge is 0.416 e. The van der Waals surface area contributed by atoms with Gasteiger partial charge in [0.25, 0.3) is 0 Å². The van der Waals surface area contributed by atoms with E-state index in [1.807, 2.05) is 12.1 Å². The first kappa shape index (κ1) is 20.4. The first-order chi connectivity index (χ1) is 14.3. The minimum absolute atomic E-state index is 0.0999. The molecule has 0 unspecified atom stereocenters. The number of halogens is 3. The van der Waals surface area contributed by atoms with Gasteiger partial charge in [-0.3, -0.25) is 9.59 Å². The fourth-order valence-electron chi connectivity index (χ4n) is 3.09. The Morgan fingerprint density at radius 2 is 1.97 bits per heavy atom. The molecule has 2 atom stereocenters. The van der Waals surface area contributed by atoms with E-state index in [0.29, 0.717) is 16.4 Å². The van der Waals surface area contributed by atoms with E-state index in [4.69, 9.17) is 9.47 Å². The van der Waals surface area contributed by atoms with E-state index in [2.05, 4.69) is 10.6 Å². The van der Waals surface area contributed by atoms with Gasteiger partial charge in [-0.1, -0.05) is 12.1 Å². The summed E-state index contributed by atoms with van der Waals surface area (Å²) in [7, 11) is 0. The van der Waals surface area contributed by atoms with Crippen LogP contribution in [0.3, 0.4) is 0 Å². The molecule has 0 spiro atoms. The average molecular weight is 438 g/mol. The number of para-hydroxylation sites is 2. The summed E-state index contributed by atoms with van der Waals surface area (Å²) in [5.74, 6) is 0.372. The Labute approximate surface area is 174 Å². The van der Waals surface area contributed by atoms with Crippen LogP contribution in [0.5, 0.6) is 11.5 Å². The third kappa shape index (κ3) is 4.48. The predicted molar refractivity (Wildman–Crippen MR) is 104 cm³/mol. The number of carbonyl (C=O) groups is 2. The second-order valence-corrected chi connectivity index (χ2v) is 8.05. The molecule has 2 aromatic carbocycles. The Kier molecular flexibility index (Phi) is 5.50. The lowest BCUT2D eigenvalue weighted by atomic mass is 10.1. The summed E-state index contributed by atoms with van der Waals surface area (Å²) in [5.41, 5.74) is -0.738. The lowest BCUT2D eigenvalue weighted by molar-refractivity contribution is -0.137. The second kappa shape index (κ2) is 8.10. The number of nitrogens with one attached hydrogen (secondary N) is 2. The summed E-state index contributed by atoms with van der Waals surface area (Å²) in [6, 6.07) is 10.4. The van der Waals surface area contributed by atoms with Crippen molar-refractivity contribution in [1.29, 1.82) is 0 Å². The molecule has 2 N–H and O–H groups in total. The number of rotatable bonds is 4. The van der Waals surface area contributed by atoms with Gasteiger partial charge in [0.1, 0.15) is 12.7 Å². The van der Waals surface area contributed by atoms with Crippen LogP contribution in [0.1, 0.15) is 12.0 Å². The van der Waals surface area contributed by atoms with Gasteiger partial charge in [0.15, 0.2) is 11.5 Å². The maximum Gasteiger partial charge on any atom is 0.416 e. The Balaban J connectivity index is 1.31. The Morgan fingerprint density at radius 1 is 1.20 bits per heavy atom. The highest BCUT2D eigenvalue weighted by Crippen LogP contribution is 2.40. The number of hydrogen-bond donors (Lipinski definition) is 2. The van der Waals surface area contributed by atoms with Crippen LogP contribution in [0.25, 0.3) is 0 Å². The van der Waals surface area contributed by atoms with Crippen LogP contribution in [0, 0.1) is 0 Å². The largest absolute Gasteiger partial charge is 0.486 e. The highest BCUT2D eigenvalue weighted by Gasteiger charge is 2.34. The molecule has 0 saturated carbocycles. The van der Waals surface area contributed by atoms with Crippen molar-refractivity contribution in [3.05, 3.63) is 48.0 Å². The average Bonchev–Trinajstić information content (AvgIpc) is 2.71. The van der Waals surface area contributed by atoms with Crippen molar-refractivity contribution in [1.82, 2.24) is 5.32 Å².